The van der Waals surface area contributed by atoms with Crippen LogP contribution in [0.15, 0.2) is 103 Å². The number of nitrogens with one attached hydrogen (secondary N) is 2. The monoisotopic (exact) mass is 571 g/mol. The van der Waals surface area contributed by atoms with Gasteiger partial charge in [0.2, 0.25) is 0 Å². The smallest absolute Gasteiger partial charge is 0.269 e. The summed E-state index contributed by atoms with van der Waals surface area (Å²) < 4.78 is 2.16. The third-order valence-corrected chi connectivity index (χ3v) is 8.46. The van der Waals surface area contributed by atoms with E-state index >= 15 is 0 Å². The van der Waals surface area contributed by atoms with E-state index in [9.17, 15) is 14.4 Å². The molecule has 2 N–H and O–H groups in total. The molecule has 8 nitrogen and oxygen atoms in total. The largest absolute Gasteiger partial charge is 0.343 e. The lowest BCUT2D eigenvalue weighted by Crippen LogP contribution is -2.55. The Morgan fingerprint density at radius 2 is 1.56 bits per heavy atom. The number of benzene rings is 3. The number of amides is 3. The van der Waals surface area contributed by atoms with Crippen LogP contribution in [0.5, 0.6) is 0 Å². The summed E-state index contributed by atoms with van der Waals surface area (Å²) in [5.41, 5.74) is 10.9. The Bertz CT molecular complexity index is 1820. The molecule has 3 unspecified atom stereocenters. The van der Waals surface area contributed by atoms with Crippen LogP contribution < -0.4 is 10.9 Å². The molecule has 0 saturated carbocycles. The van der Waals surface area contributed by atoms with Gasteiger partial charge in [0, 0.05) is 47.0 Å². The van der Waals surface area contributed by atoms with Gasteiger partial charge in [-0.25, -0.2) is 0 Å². The molecule has 1 aliphatic heterocycles. The maximum Gasteiger partial charge on any atom is 0.269 e. The Labute approximate surface area is 250 Å². The number of pyridine rings is 1. The molecule has 0 radical (unpaired) electrons. The standard InChI is InChI=1S/C35H33N5O3/c1-4-22(2)30(34(42)38-37-33(41)24-18-20-36-21-19-24)40-32(25-14-8-9-15-26(25)35(40)43)29-27-16-10-11-17-28(27)39(3)31(29)23-12-6-5-7-13-23/h5-22,30,32H,4H2,1-3H3,(H,37,41)(H,38,42). The van der Waals surface area contributed by atoms with Gasteiger partial charge < -0.3 is 9.47 Å². The first-order valence-corrected chi connectivity index (χ1v) is 14.5. The Morgan fingerprint density at radius 3 is 2.30 bits per heavy atom. The number of nitrogens with zero attached hydrogens (tertiary/aromatic N) is 3. The van der Waals surface area contributed by atoms with Gasteiger partial charge in [-0.3, -0.25) is 30.2 Å². The van der Waals surface area contributed by atoms with Gasteiger partial charge in [0.15, 0.2) is 0 Å². The van der Waals surface area contributed by atoms with E-state index in [2.05, 4.69) is 44.7 Å². The van der Waals surface area contributed by atoms with Crippen LogP contribution in [-0.2, 0) is 11.8 Å². The summed E-state index contributed by atoms with van der Waals surface area (Å²) in [6.07, 6.45) is 3.67. The molecule has 5 aromatic rings. The van der Waals surface area contributed by atoms with Crippen LogP contribution in [0.4, 0.5) is 0 Å². The average molecular weight is 572 g/mol. The van der Waals surface area contributed by atoms with Crippen molar-refractivity contribution in [1.29, 1.82) is 0 Å². The summed E-state index contributed by atoms with van der Waals surface area (Å²) in [5.74, 6) is -1.35. The minimum absolute atomic E-state index is 0.214. The summed E-state index contributed by atoms with van der Waals surface area (Å²) in [6.45, 7) is 3.96. The highest BCUT2D eigenvalue weighted by atomic mass is 16.2. The normalized spacial score (nSPS) is 15.7. The van der Waals surface area contributed by atoms with Gasteiger partial charge in [-0.05, 0) is 41.3 Å². The van der Waals surface area contributed by atoms with Gasteiger partial charge in [-0.1, -0.05) is 87.0 Å². The van der Waals surface area contributed by atoms with Crippen molar-refractivity contribution in [3.63, 3.8) is 0 Å². The maximum atomic E-state index is 14.3. The van der Waals surface area contributed by atoms with Gasteiger partial charge in [-0.15, -0.1) is 0 Å². The molecule has 2 aromatic heterocycles. The summed E-state index contributed by atoms with van der Waals surface area (Å²) in [6, 6.07) is 27.6. The molecule has 3 heterocycles. The number of rotatable bonds is 7. The highest BCUT2D eigenvalue weighted by Gasteiger charge is 2.47. The number of hydrogen-bond donors (Lipinski definition) is 2. The molecular formula is C35H33N5O3. The van der Waals surface area contributed by atoms with E-state index < -0.39 is 23.9 Å². The number of carbonyl (C=O) groups is 3. The first-order chi connectivity index (χ1) is 20.9. The molecule has 0 bridgehead atoms. The second kappa shape index (κ2) is 11.6. The quantitative estimate of drug-likeness (QED) is 0.246. The Hall–Kier alpha value is -5.24. The Kier molecular flexibility index (Phi) is 7.50. The van der Waals surface area contributed by atoms with Crippen LogP contribution in [0.2, 0.25) is 0 Å². The fourth-order valence-electron chi connectivity index (χ4n) is 6.21. The van der Waals surface area contributed by atoms with Crippen LogP contribution in [-0.4, -0.2) is 38.2 Å². The molecule has 0 fully saturated rings. The molecular weight excluding hydrogens is 538 g/mol. The van der Waals surface area contributed by atoms with Crippen molar-refractivity contribution in [3.8, 4) is 11.3 Å². The minimum Gasteiger partial charge on any atom is -0.343 e. The number of aromatic nitrogens is 2. The van der Waals surface area contributed by atoms with Crippen molar-refractivity contribution >= 4 is 28.6 Å². The van der Waals surface area contributed by atoms with Gasteiger partial charge in [0.25, 0.3) is 17.7 Å². The van der Waals surface area contributed by atoms with Crippen LogP contribution in [0, 0.1) is 5.92 Å². The van der Waals surface area contributed by atoms with Crippen LogP contribution in [0.3, 0.4) is 0 Å². The topological polar surface area (TPSA) is 96.3 Å². The molecule has 0 spiro atoms. The number of aryl methyl sites for hydroxylation is 1. The van der Waals surface area contributed by atoms with Crippen LogP contribution in [0.25, 0.3) is 22.2 Å². The van der Waals surface area contributed by atoms with E-state index in [-0.39, 0.29) is 11.8 Å². The summed E-state index contributed by atoms with van der Waals surface area (Å²) >= 11 is 0. The number of hydrogen-bond acceptors (Lipinski definition) is 4. The van der Waals surface area contributed by atoms with Crippen molar-refractivity contribution in [2.75, 3.05) is 0 Å². The minimum atomic E-state index is -0.866. The number of fused-ring (bicyclic) bond motifs is 2. The van der Waals surface area contributed by atoms with Crippen molar-refractivity contribution in [1.82, 2.24) is 25.3 Å². The van der Waals surface area contributed by atoms with E-state index in [0.29, 0.717) is 17.5 Å². The van der Waals surface area contributed by atoms with Crippen molar-refractivity contribution in [3.05, 3.63) is 126 Å². The van der Waals surface area contributed by atoms with Crippen molar-refractivity contribution in [2.24, 2.45) is 13.0 Å². The molecule has 0 aliphatic carbocycles. The fourth-order valence-corrected chi connectivity index (χ4v) is 6.21. The van der Waals surface area contributed by atoms with E-state index in [4.69, 9.17) is 0 Å². The van der Waals surface area contributed by atoms with Gasteiger partial charge in [0.1, 0.15) is 6.04 Å². The first kappa shape index (κ1) is 27.9. The molecule has 8 heteroatoms. The Morgan fingerprint density at radius 1 is 0.884 bits per heavy atom. The summed E-state index contributed by atoms with van der Waals surface area (Å²) in [4.78, 5) is 46.8. The molecule has 6 rings (SSSR count). The lowest BCUT2D eigenvalue weighted by Gasteiger charge is -2.36. The lowest BCUT2D eigenvalue weighted by molar-refractivity contribution is -0.128. The predicted octanol–water partition coefficient (Wildman–Crippen LogP) is 5.66. The number of carbonyl (C=O) groups excluding carboxylic acids is 3. The second-order valence-corrected chi connectivity index (χ2v) is 10.9. The second-order valence-electron chi connectivity index (χ2n) is 10.9. The lowest BCUT2D eigenvalue weighted by atomic mass is 9.90. The molecule has 3 atom stereocenters. The van der Waals surface area contributed by atoms with E-state index in [1.807, 2.05) is 75.5 Å². The zero-order valence-corrected chi connectivity index (χ0v) is 24.3. The number of para-hydroxylation sites is 1. The third kappa shape index (κ3) is 4.84. The molecule has 3 aromatic carbocycles. The molecule has 43 heavy (non-hydrogen) atoms. The molecule has 216 valence electrons. The van der Waals surface area contributed by atoms with Gasteiger partial charge >= 0.3 is 0 Å². The summed E-state index contributed by atoms with van der Waals surface area (Å²) in [7, 11) is 2.04. The average Bonchev–Trinajstić information content (AvgIpc) is 3.50. The van der Waals surface area contributed by atoms with E-state index in [1.54, 1.807) is 17.0 Å². The molecule has 1 aliphatic rings. The van der Waals surface area contributed by atoms with E-state index in [1.165, 1.54) is 12.4 Å². The highest BCUT2D eigenvalue weighted by molar-refractivity contribution is 6.05. The van der Waals surface area contributed by atoms with Gasteiger partial charge in [-0.2, -0.15) is 0 Å². The van der Waals surface area contributed by atoms with Crippen molar-refractivity contribution in [2.45, 2.75) is 32.4 Å². The fraction of sp³-hybridized carbons (Fsp3) is 0.200. The zero-order chi connectivity index (χ0) is 30.1. The molecule has 3 amide bonds. The predicted molar refractivity (Wildman–Crippen MR) is 166 cm³/mol. The SMILES string of the molecule is CCC(C)C(C(=O)NNC(=O)c1ccncc1)N1C(=O)c2ccccc2C1c1c(-c2ccccc2)n(C)c2ccccc12. The zero-order valence-electron chi connectivity index (χ0n) is 24.3. The highest BCUT2D eigenvalue weighted by Crippen LogP contribution is 2.48. The third-order valence-electron chi connectivity index (χ3n) is 8.46. The Balaban J connectivity index is 1.50. The van der Waals surface area contributed by atoms with Crippen LogP contribution in [0.1, 0.15) is 58.2 Å². The van der Waals surface area contributed by atoms with Gasteiger partial charge in [0.05, 0.1) is 11.7 Å². The van der Waals surface area contributed by atoms with Crippen LogP contribution >= 0.6 is 0 Å². The molecule has 0 saturated heterocycles. The first-order valence-electron chi connectivity index (χ1n) is 14.5. The summed E-state index contributed by atoms with van der Waals surface area (Å²) in [5, 5.41) is 1.01. The van der Waals surface area contributed by atoms with Crippen molar-refractivity contribution < 1.29 is 14.4 Å². The maximum absolute atomic E-state index is 14.3. The van der Waals surface area contributed by atoms with E-state index in [0.717, 1.165) is 33.3 Å². The number of hydrazine groups is 1.